The predicted molar refractivity (Wildman–Crippen MR) is 74.2 cm³/mol. The molecule has 1 heteroatoms. The molecule has 0 spiro atoms. The van der Waals surface area contributed by atoms with Gasteiger partial charge >= 0.3 is 0 Å². The molecular weight excluding hydrogens is 206 g/mol. The highest BCUT2D eigenvalue weighted by Gasteiger charge is 2.18. The smallest absolute Gasteiger partial charge is 0.0320 e. The van der Waals surface area contributed by atoms with E-state index in [4.69, 9.17) is 0 Å². The van der Waals surface area contributed by atoms with Crippen molar-refractivity contribution in [3.8, 4) is 0 Å². The molecule has 0 aliphatic heterocycles. The molecule has 1 aromatic carbocycles. The average Bonchev–Trinajstić information content (AvgIpc) is 2.89. The minimum absolute atomic E-state index is 0.545. The van der Waals surface area contributed by atoms with Crippen LogP contribution in [-0.4, -0.2) is 6.04 Å². The third-order valence-electron chi connectivity index (χ3n) is 3.99. The van der Waals surface area contributed by atoms with Gasteiger partial charge in [-0.05, 0) is 36.8 Å². The van der Waals surface area contributed by atoms with Gasteiger partial charge in [0.15, 0.2) is 0 Å². The summed E-state index contributed by atoms with van der Waals surface area (Å²) in [6, 6.07) is 10.4. The zero-order valence-corrected chi connectivity index (χ0v) is 11.2. The first kappa shape index (κ1) is 12.6. The van der Waals surface area contributed by atoms with Crippen molar-refractivity contribution in [1.29, 1.82) is 0 Å². The van der Waals surface area contributed by atoms with Crippen molar-refractivity contribution in [1.82, 2.24) is 5.32 Å². The van der Waals surface area contributed by atoms with Crippen LogP contribution in [0.15, 0.2) is 24.3 Å². The summed E-state index contributed by atoms with van der Waals surface area (Å²) in [6.45, 7) is 4.49. The molecule has 1 fully saturated rings. The maximum absolute atomic E-state index is 3.82. The zero-order valence-electron chi connectivity index (χ0n) is 11.2. The van der Waals surface area contributed by atoms with Gasteiger partial charge in [0.1, 0.15) is 0 Å². The number of aryl methyl sites for hydroxylation is 1. The van der Waals surface area contributed by atoms with Crippen molar-refractivity contribution in [3.63, 3.8) is 0 Å². The van der Waals surface area contributed by atoms with Gasteiger partial charge in [0, 0.05) is 12.1 Å². The Kier molecular flexibility index (Phi) is 4.61. The Labute approximate surface area is 106 Å². The van der Waals surface area contributed by atoms with Crippen LogP contribution in [0.5, 0.6) is 0 Å². The van der Waals surface area contributed by atoms with Crippen molar-refractivity contribution in [2.45, 2.75) is 64.5 Å². The second-order valence-corrected chi connectivity index (χ2v) is 5.20. The van der Waals surface area contributed by atoms with Crippen LogP contribution >= 0.6 is 0 Å². The van der Waals surface area contributed by atoms with Crippen LogP contribution in [0.4, 0.5) is 0 Å². The van der Waals surface area contributed by atoms with E-state index in [2.05, 4.69) is 43.4 Å². The predicted octanol–water partition coefficient (Wildman–Crippen LogP) is 4.23. The quantitative estimate of drug-likeness (QED) is 0.799. The van der Waals surface area contributed by atoms with Gasteiger partial charge < -0.3 is 5.32 Å². The fourth-order valence-corrected chi connectivity index (χ4v) is 2.81. The Hall–Kier alpha value is -0.820. The lowest BCUT2D eigenvalue weighted by molar-refractivity contribution is 0.430. The van der Waals surface area contributed by atoms with Crippen molar-refractivity contribution in [3.05, 3.63) is 35.4 Å². The van der Waals surface area contributed by atoms with Crippen LogP contribution in [0.3, 0.4) is 0 Å². The van der Waals surface area contributed by atoms with E-state index in [-0.39, 0.29) is 0 Å². The molecule has 0 amide bonds. The van der Waals surface area contributed by atoms with E-state index in [0.29, 0.717) is 6.04 Å². The molecule has 1 N–H and O–H groups in total. The highest BCUT2D eigenvalue weighted by molar-refractivity contribution is 5.25. The van der Waals surface area contributed by atoms with Gasteiger partial charge in [-0.3, -0.25) is 0 Å². The van der Waals surface area contributed by atoms with Crippen molar-refractivity contribution in [2.75, 3.05) is 0 Å². The monoisotopic (exact) mass is 231 g/mol. The van der Waals surface area contributed by atoms with E-state index >= 15 is 0 Å². The summed E-state index contributed by atoms with van der Waals surface area (Å²) < 4.78 is 0. The maximum Gasteiger partial charge on any atom is 0.0320 e. The molecule has 0 aromatic heterocycles. The number of hydrogen-bond donors (Lipinski definition) is 1. The molecule has 1 aromatic rings. The summed E-state index contributed by atoms with van der Waals surface area (Å²) >= 11 is 0. The first-order valence-electron chi connectivity index (χ1n) is 7.18. The maximum atomic E-state index is 3.82. The van der Waals surface area contributed by atoms with E-state index < -0.39 is 0 Å². The molecule has 94 valence electrons. The van der Waals surface area contributed by atoms with Gasteiger partial charge in [0.25, 0.3) is 0 Å². The Morgan fingerprint density at radius 3 is 2.29 bits per heavy atom. The standard InChI is InChI=1S/C16H25N/c1-3-13-9-11-14(12-10-13)16(4-2)17-15-7-5-6-8-15/h9-12,15-17H,3-8H2,1-2H3. The highest BCUT2D eigenvalue weighted by Crippen LogP contribution is 2.24. The largest absolute Gasteiger partial charge is 0.307 e. The third kappa shape index (κ3) is 3.32. The van der Waals surface area contributed by atoms with Crippen LogP contribution in [0, 0.1) is 0 Å². The zero-order chi connectivity index (χ0) is 12.1. The minimum Gasteiger partial charge on any atom is -0.307 e. The van der Waals surface area contributed by atoms with Gasteiger partial charge in [0.05, 0.1) is 0 Å². The van der Waals surface area contributed by atoms with Crippen LogP contribution < -0.4 is 5.32 Å². The summed E-state index contributed by atoms with van der Waals surface area (Å²) in [5, 5.41) is 3.82. The second kappa shape index (κ2) is 6.20. The van der Waals surface area contributed by atoms with Gasteiger partial charge in [-0.15, -0.1) is 0 Å². The molecule has 0 bridgehead atoms. The summed E-state index contributed by atoms with van der Waals surface area (Å²) in [7, 11) is 0. The van der Waals surface area contributed by atoms with E-state index in [9.17, 15) is 0 Å². The third-order valence-corrected chi connectivity index (χ3v) is 3.99. The van der Waals surface area contributed by atoms with Crippen molar-refractivity contribution in [2.24, 2.45) is 0 Å². The summed E-state index contributed by atoms with van der Waals surface area (Å²) in [5.74, 6) is 0. The Morgan fingerprint density at radius 1 is 1.12 bits per heavy atom. The first-order chi connectivity index (χ1) is 8.33. The molecule has 2 rings (SSSR count). The molecule has 17 heavy (non-hydrogen) atoms. The van der Waals surface area contributed by atoms with Crippen molar-refractivity contribution < 1.29 is 0 Å². The van der Waals surface area contributed by atoms with E-state index in [1.165, 1.54) is 43.2 Å². The molecule has 0 saturated heterocycles. The lowest BCUT2D eigenvalue weighted by Crippen LogP contribution is -2.30. The lowest BCUT2D eigenvalue weighted by Gasteiger charge is -2.22. The van der Waals surface area contributed by atoms with Crippen LogP contribution in [-0.2, 0) is 6.42 Å². The van der Waals surface area contributed by atoms with Crippen LogP contribution in [0.25, 0.3) is 0 Å². The van der Waals surface area contributed by atoms with Gasteiger partial charge in [-0.2, -0.15) is 0 Å². The molecule has 1 saturated carbocycles. The summed E-state index contributed by atoms with van der Waals surface area (Å²) in [4.78, 5) is 0. The topological polar surface area (TPSA) is 12.0 Å². The van der Waals surface area contributed by atoms with Gasteiger partial charge in [-0.25, -0.2) is 0 Å². The van der Waals surface area contributed by atoms with Crippen LogP contribution in [0.2, 0.25) is 0 Å². The Bertz CT molecular complexity index is 322. The van der Waals surface area contributed by atoms with E-state index in [1.54, 1.807) is 0 Å². The second-order valence-electron chi connectivity index (χ2n) is 5.20. The molecule has 0 radical (unpaired) electrons. The summed E-state index contributed by atoms with van der Waals surface area (Å²) in [6.07, 6.45) is 7.86. The molecule has 1 aliphatic carbocycles. The van der Waals surface area contributed by atoms with Gasteiger partial charge in [0.2, 0.25) is 0 Å². The fraction of sp³-hybridized carbons (Fsp3) is 0.625. The number of rotatable bonds is 5. The number of hydrogen-bond acceptors (Lipinski definition) is 1. The summed E-state index contributed by atoms with van der Waals surface area (Å²) in [5.41, 5.74) is 2.89. The average molecular weight is 231 g/mol. The Morgan fingerprint density at radius 2 is 1.76 bits per heavy atom. The Balaban J connectivity index is 2.00. The normalized spacial score (nSPS) is 18.5. The molecule has 1 nitrogen and oxygen atoms in total. The molecule has 0 heterocycles. The number of nitrogens with one attached hydrogen (secondary N) is 1. The van der Waals surface area contributed by atoms with E-state index in [0.717, 1.165) is 12.5 Å². The molecule has 1 atom stereocenters. The van der Waals surface area contributed by atoms with Crippen molar-refractivity contribution >= 4 is 0 Å². The molecule has 1 unspecified atom stereocenters. The van der Waals surface area contributed by atoms with Crippen LogP contribution in [0.1, 0.15) is 63.1 Å². The molecular formula is C16H25N. The number of benzene rings is 1. The van der Waals surface area contributed by atoms with Gasteiger partial charge in [-0.1, -0.05) is 51.0 Å². The highest BCUT2D eigenvalue weighted by atomic mass is 15.0. The SMILES string of the molecule is CCc1ccc(C(CC)NC2CCCC2)cc1. The fourth-order valence-electron chi connectivity index (χ4n) is 2.81. The minimum atomic E-state index is 0.545. The lowest BCUT2D eigenvalue weighted by atomic mass is 10.0. The first-order valence-corrected chi connectivity index (χ1v) is 7.18. The van der Waals surface area contributed by atoms with E-state index in [1.807, 2.05) is 0 Å². The molecule has 1 aliphatic rings.